The molecule has 0 amide bonds. The van der Waals surface area contributed by atoms with Crippen LogP contribution >= 0.6 is 0 Å². The quantitative estimate of drug-likeness (QED) is 0.329. The third-order valence-corrected chi connectivity index (χ3v) is 6.60. The van der Waals surface area contributed by atoms with E-state index in [1.54, 1.807) is 0 Å². The van der Waals surface area contributed by atoms with E-state index in [2.05, 4.69) is 87.5 Å². The highest BCUT2D eigenvalue weighted by Crippen LogP contribution is 2.56. The maximum absolute atomic E-state index is 6.08. The summed E-state index contributed by atoms with van der Waals surface area (Å²) < 4.78 is 0. The van der Waals surface area contributed by atoms with Crippen molar-refractivity contribution in [2.45, 2.75) is 31.6 Å². The van der Waals surface area contributed by atoms with E-state index in [9.17, 15) is 0 Å². The number of benzene rings is 4. The van der Waals surface area contributed by atoms with Crippen molar-refractivity contribution in [1.29, 1.82) is 0 Å². The van der Waals surface area contributed by atoms with E-state index in [0.717, 1.165) is 11.4 Å². The Labute approximate surface area is 184 Å². The van der Waals surface area contributed by atoms with E-state index in [1.165, 1.54) is 38.9 Å². The Bertz CT molecular complexity index is 1210. The van der Waals surface area contributed by atoms with Crippen LogP contribution < -0.4 is 11.5 Å². The van der Waals surface area contributed by atoms with Crippen molar-refractivity contribution in [2.75, 3.05) is 11.5 Å². The summed E-state index contributed by atoms with van der Waals surface area (Å²) in [6.07, 6.45) is 0. The van der Waals surface area contributed by atoms with Crippen LogP contribution in [0.1, 0.15) is 48.6 Å². The first-order valence-corrected chi connectivity index (χ1v) is 10.8. The highest BCUT2D eigenvalue weighted by atomic mass is 14.6. The molecule has 5 rings (SSSR count). The second-order valence-electron chi connectivity index (χ2n) is 9.55. The lowest BCUT2D eigenvalue weighted by atomic mass is 9.67. The molecule has 1 aliphatic carbocycles. The van der Waals surface area contributed by atoms with Gasteiger partial charge in [0.25, 0.3) is 0 Å². The van der Waals surface area contributed by atoms with Crippen LogP contribution in [0.5, 0.6) is 0 Å². The maximum Gasteiger partial charge on any atom is 0.0713 e. The van der Waals surface area contributed by atoms with Gasteiger partial charge in [-0.15, -0.1) is 0 Å². The lowest BCUT2D eigenvalue weighted by molar-refractivity contribution is 0.588. The predicted molar refractivity (Wildman–Crippen MR) is 131 cm³/mol. The first-order valence-electron chi connectivity index (χ1n) is 10.8. The Kier molecular flexibility index (Phi) is 4.23. The number of anilines is 2. The van der Waals surface area contributed by atoms with E-state index in [0.29, 0.717) is 0 Å². The Hall–Kier alpha value is -3.52. The molecule has 0 bridgehead atoms. The zero-order valence-corrected chi connectivity index (χ0v) is 18.3. The van der Waals surface area contributed by atoms with Crippen molar-refractivity contribution in [3.8, 4) is 11.1 Å². The van der Waals surface area contributed by atoms with Crippen LogP contribution in [0, 0.1) is 0 Å². The fourth-order valence-electron chi connectivity index (χ4n) is 5.00. The van der Waals surface area contributed by atoms with Gasteiger partial charge in [0.05, 0.1) is 5.41 Å². The molecule has 0 aromatic heterocycles. The summed E-state index contributed by atoms with van der Waals surface area (Å²) in [4.78, 5) is 0. The summed E-state index contributed by atoms with van der Waals surface area (Å²) in [5.74, 6) is 0. The fourth-order valence-corrected chi connectivity index (χ4v) is 5.00. The van der Waals surface area contributed by atoms with E-state index in [4.69, 9.17) is 11.5 Å². The van der Waals surface area contributed by atoms with Crippen LogP contribution in [-0.4, -0.2) is 0 Å². The van der Waals surface area contributed by atoms with Gasteiger partial charge in [0.1, 0.15) is 0 Å². The largest absolute Gasteiger partial charge is 0.399 e. The predicted octanol–water partition coefficient (Wildman–Crippen LogP) is 6.51. The molecule has 4 N–H and O–H groups in total. The molecule has 0 atom stereocenters. The van der Waals surface area contributed by atoms with Gasteiger partial charge in [-0.1, -0.05) is 87.5 Å². The Balaban J connectivity index is 1.94. The topological polar surface area (TPSA) is 52.0 Å². The summed E-state index contributed by atoms with van der Waals surface area (Å²) in [6, 6.07) is 32.4. The summed E-state index contributed by atoms with van der Waals surface area (Å²) >= 11 is 0. The second-order valence-corrected chi connectivity index (χ2v) is 9.55. The van der Waals surface area contributed by atoms with Crippen molar-refractivity contribution < 1.29 is 0 Å². The minimum atomic E-state index is -0.422. The molecule has 0 saturated heterocycles. The van der Waals surface area contributed by atoms with Crippen molar-refractivity contribution in [2.24, 2.45) is 0 Å². The molecular weight excluding hydrogens is 376 g/mol. The number of hydrogen-bond acceptors (Lipinski definition) is 2. The van der Waals surface area contributed by atoms with Gasteiger partial charge in [0, 0.05) is 11.4 Å². The van der Waals surface area contributed by atoms with Gasteiger partial charge < -0.3 is 11.5 Å². The summed E-state index contributed by atoms with van der Waals surface area (Å²) in [5, 5.41) is 0. The second kappa shape index (κ2) is 6.75. The molecule has 0 saturated carbocycles. The molecule has 31 heavy (non-hydrogen) atoms. The normalized spacial score (nSPS) is 14.2. The van der Waals surface area contributed by atoms with Crippen LogP contribution in [0.3, 0.4) is 0 Å². The van der Waals surface area contributed by atoms with Gasteiger partial charge >= 0.3 is 0 Å². The Morgan fingerprint density at radius 3 is 1.65 bits per heavy atom. The van der Waals surface area contributed by atoms with Crippen molar-refractivity contribution in [1.82, 2.24) is 0 Å². The third kappa shape index (κ3) is 2.86. The average molecular weight is 405 g/mol. The lowest BCUT2D eigenvalue weighted by Crippen LogP contribution is -2.29. The van der Waals surface area contributed by atoms with Crippen LogP contribution in [-0.2, 0) is 10.8 Å². The Morgan fingerprint density at radius 1 is 0.581 bits per heavy atom. The maximum atomic E-state index is 6.08. The van der Waals surface area contributed by atoms with Gasteiger partial charge in [0.15, 0.2) is 0 Å². The number of nitrogen functional groups attached to an aromatic ring is 2. The zero-order valence-electron chi connectivity index (χ0n) is 18.3. The van der Waals surface area contributed by atoms with Crippen LogP contribution in [0.2, 0.25) is 0 Å². The van der Waals surface area contributed by atoms with Crippen LogP contribution in [0.15, 0.2) is 91.0 Å². The Morgan fingerprint density at radius 2 is 1.10 bits per heavy atom. The summed E-state index contributed by atoms with van der Waals surface area (Å²) in [5.41, 5.74) is 22.3. The molecule has 0 fully saturated rings. The summed E-state index contributed by atoms with van der Waals surface area (Å²) in [7, 11) is 0. The SMILES string of the molecule is CC(C)(C)c1ccc2c(c1)C(c1ccc(N)cc1)(c1ccc(N)cc1)c1ccccc1-2. The lowest BCUT2D eigenvalue weighted by Gasteiger charge is -2.35. The first kappa shape index (κ1) is 19.4. The first-order chi connectivity index (χ1) is 14.8. The van der Waals surface area contributed by atoms with Crippen molar-refractivity contribution in [3.63, 3.8) is 0 Å². The highest BCUT2D eigenvalue weighted by molar-refractivity contribution is 5.86. The zero-order chi connectivity index (χ0) is 21.8. The molecule has 154 valence electrons. The van der Waals surface area contributed by atoms with Gasteiger partial charge in [-0.2, -0.15) is 0 Å². The van der Waals surface area contributed by atoms with Crippen LogP contribution in [0.25, 0.3) is 11.1 Å². The molecule has 2 heteroatoms. The molecule has 0 spiro atoms. The number of nitrogens with two attached hydrogens (primary N) is 2. The number of fused-ring (bicyclic) bond motifs is 3. The van der Waals surface area contributed by atoms with Gasteiger partial charge in [-0.25, -0.2) is 0 Å². The standard InChI is InChI=1S/C29H28N2/c1-28(2,3)21-12-17-25-24-6-4-5-7-26(24)29(27(25)18-21,19-8-13-22(30)14-9-19)20-10-15-23(31)16-11-20/h4-18H,30-31H2,1-3H3. The molecule has 0 aliphatic heterocycles. The van der Waals surface area contributed by atoms with Crippen molar-refractivity contribution >= 4 is 11.4 Å². The molecular formula is C29H28N2. The minimum Gasteiger partial charge on any atom is -0.399 e. The van der Waals surface area contributed by atoms with E-state index in [-0.39, 0.29) is 5.41 Å². The van der Waals surface area contributed by atoms with Gasteiger partial charge in [-0.05, 0) is 68.6 Å². The van der Waals surface area contributed by atoms with E-state index in [1.807, 2.05) is 24.3 Å². The fraction of sp³-hybridized carbons (Fsp3) is 0.172. The molecule has 4 aromatic carbocycles. The highest BCUT2D eigenvalue weighted by Gasteiger charge is 2.46. The molecule has 0 unspecified atom stereocenters. The average Bonchev–Trinajstić information content (AvgIpc) is 3.05. The third-order valence-electron chi connectivity index (χ3n) is 6.60. The molecule has 1 aliphatic rings. The monoisotopic (exact) mass is 404 g/mol. The van der Waals surface area contributed by atoms with Gasteiger partial charge in [0.2, 0.25) is 0 Å². The molecule has 4 aromatic rings. The van der Waals surface area contributed by atoms with Crippen LogP contribution in [0.4, 0.5) is 11.4 Å². The minimum absolute atomic E-state index is 0.0533. The smallest absolute Gasteiger partial charge is 0.0713 e. The number of hydrogen-bond donors (Lipinski definition) is 2. The molecule has 2 nitrogen and oxygen atoms in total. The van der Waals surface area contributed by atoms with E-state index >= 15 is 0 Å². The molecule has 0 heterocycles. The van der Waals surface area contributed by atoms with Crippen molar-refractivity contribution in [3.05, 3.63) is 119 Å². The number of rotatable bonds is 2. The molecule has 0 radical (unpaired) electrons. The summed E-state index contributed by atoms with van der Waals surface area (Å²) in [6.45, 7) is 6.81. The van der Waals surface area contributed by atoms with E-state index < -0.39 is 5.41 Å². The van der Waals surface area contributed by atoms with Gasteiger partial charge in [-0.3, -0.25) is 0 Å².